The van der Waals surface area contributed by atoms with Crippen LogP contribution in [0, 0.1) is 3.70 Å². The summed E-state index contributed by atoms with van der Waals surface area (Å²) >= 11 is 2.18. The number of carbonyl (C=O) groups is 1. The monoisotopic (exact) mass is 377 g/mol. The third kappa shape index (κ3) is 3.84. The minimum absolute atomic E-state index is 0.0274. The maximum Gasteiger partial charge on any atom is 0.411 e. The van der Waals surface area contributed by atoms with Crippen molar-refractivity contribution in [1.82, 2.24) is 14.5 Å². The molecule has 0 bridgehead atoms. The molecular formula is C13H20IN3O2. The molecule has 106 valence electrons. The molecule has 1 aromatic heterocycles. The Balaban J connectivity index is 2.14. The maximum absolute atomic E-state index is 12.3. The van der Waals surface area contributed by atoms with Crippen molar-refractivity contribution in [3.63, 3.8) is 0 Å². The molecule has 1 aliphatic rings. The smallest absolute Gasteiger partial charge is 0.411 e. The Hall–Kier alpha value is -0.790. The lowest BCUT2D eigenvalue weighted by molar-refractivity contribution is -0.00119. The van der Waals surface area contributed by atoms with Gasteiger partial charge in [-0.25, -0.2) is 9.78 Å². The van der Waals surface area contributed by atoms with Crippen molar-refractivity contribution in [2.24, 2.45) is 0 Å². The summed E-state index contributed by atoms with van der Waals surface area (Å²) in [7, 11) is 0. The fourth-order valence-corrected chi connectivity index (χ4v) is 2.68. The van der Waals surface area contributed by atoms with Crippen molar-refractivity contribution in [3.05, 3.63) is 16.2 Å². The van der Waals surface area contributed by atoms with Crippen LogP contribution in [0.25, 0.3) is 0 Å². The summed E-state index contributed by atoms with van der Waals surface area (Å²) in [4.78, 5) is 18.3. The fourth-order valence-electron chi connectivity index (χ4n) is 2.23. The van der Waals surface area contributed by atoms with Gasteiger partial charge in [-0.3, -0.25) is 4.90 Å². The van der Waals surface area contributed by atoms with Crippen molar-refractivity contribution in [2.75, 3.05) is 6.54 Å². The molecule has 1 aliphatic heterocycles. The van der Waals surface area contributed by atoms with E-state index in [4.69, 9.17) is 4.74 Å². The normalized spacial score (nSPS) is 20.4. The van der Waals surface area contributed by atoms with E-state index >= 15 is 0 Å². The standard InChI is InChI=1S/C13H20IN3O2/c1-13(2,3)19-12(18)17-7-5-4-6-11(17)16-8-10(14)15-9-16/h8-9,11H,4-7H2,1-3H3. The van der Waals surface area contributed by atoms with E-state index in [1.165, 1.54) is 0 Å². The molecule has 1 atom stereocenters. The van der Waals surface area contributed by atoms with Crippen LogP contribution >= 0.6 is 22.6 Å². The molecule has 19 heavy (non-hydrogen) atoms. The summed E-state index contributed by atoms with van der Waals surface area (Å²) in [6, 6.07) is 0. The number of hydrogen-bond donors (Lipinski definition) is 0. The maximum atomic E-state index is 12.3. The van der Waals surface area contributed by atoms with Crippen molar-refractivity contribution < 1.29 is 9.53 Å². The van der Waals surface area contributed by atoms with Gasteiger partial charge in [0.2, 0.25) is 0 Å². The van der Waals surface area contributed by atoms with Gasteiger partial charge in [-0.05, 0) is 62.6 Å². The SMILES string of the molecule is CC(C)(C)OC(=O)N1CCCCC1n1cnc(I)c1. The van der Waals surface area contributed by atoms with Crippen molar-refractivity contribution in [1.29, 1.82) is 0 Å². The quantitative estimate of drug-likeness (QED) is 0.705. The highest BCUT2D eigenvalue weighted by Gasteiger charge is 2.31. The Morgan fingerprint density at radius 3 is 2.79 bits per heavy atom. The van der Waals surface area contributed by atoms with Gasteiger partial charge in [0, 0.05) is 12.7 Å². The summed E-state index contributed by atoms with van der Waals surface area (Å²) in [6.07, 6.45) is 6.65. The van der Waals surface area contributed by atoms with Gasteiger partial charge in [-0.1, -0.05) is 0 Å². The van der Waals surface area contributed by atoms with Crippen molar-refractivity contribution in [3.8, 4) is 0 Å². The first-order chi connectivity index (χ1) is 8.87. The van der Waals surface area contributed by atoms with Crippen molar-refractivity contribution >= 4 is 28.7 Å². The van der Waals surface area contributed by atoms with Crippen LogP contribution in [-0.2, 0) is 4.74 Å². The highest BCUT2D eigenvalue weighted by molar-refractivity contribution is 14.1. The van der Waals surface area contributed by atoms with Crippen LogP contribution in [0.15, 0.2) is 12.5 Å². The molecule has 1 fully saturated rings. The lowest BCUT2D eigenvalue weighted by atomic mass is 10.1. The van der Waals surface area contributed by atoms with E-state index in [0.29, 0.717) is 0 Å². The zero-order valence-electron chi connectivity index (χ0n) is 11.6. The number of imidazole rings is 1. The third-order valence-electron chi connectivity index (χ3n) is 3.01. The Morgan fingerprint density at radius 1 is 1.47 bits per heavy atom. The van der Waals surface area contributed by atoms with Gasteiger partial charge in [0.1, 0.15) is 15.5 Å². The molecular weight excluding hydrogens is 357 g/mol. The van der Waals surface area contributed by atoms with Crippen LogP contribution in [0.2, 0.25) is 0 Å². The summed E-state index contributed by atoms with van der Waals surface area (Å²) < 4.78 is 8.43. The first-order valence-electron chi connectivity index (χ1n) is 6.55. The molecule has 0 spiro atoms. The third-order valence-corrected chi connectivity index (χ3v) is 3.57. The van der Waals surface area contributed by atoms with Crippen molar-refractivity contribution in [2.45, 2.75) is 51.8 Å². The molecule has 0 radical (unpaired) electrons. The number of hydrogen-bond acceptors (Lipinski definition) is 3. The zero-order valence-corrected chi connectivity index (χ0v) is 13.8. The molecule has 0 N–H and O–H groups in total. The number of ether oxygens (including phenoxy) is 1. The van der Waals surface area contributed by atoms with Gasteiger partial charge in [0.25, 0.3) is 0 Å². The van der Waals surface area contributed by atoms with Gasteiger partial charge >= 0.3 is 6.09 Å². The van der Waals surface area contributed by atoms with E-state index in [0.717, 1.165) is 29.5 Å². The number of carbonyl (C=O) groups excluding carboxylic acids is 1. The van der Waals surface area contributed by atoms with E-state index in [2.05, 4.69) is 27.6 Å². The predicted octanol–water partition coefficient (Wildman–Crippen LogP) is 3.41. The van der Waals surface area contributed by atoms with Gasteiger partial charge in [-0.15, -0.1) is 0 Å². The van der Waals surface area contributed by atoms with E-state index < -0.39 is 5.60 Å². The Kier molecular flexibility index (Phi) is 4.37. The van der Waals surface area contributed by atoms with Crippen LogP contribution in [0.1, 0.15) is 46.2 Å². The lowest BCUT2D eigenvalue weighted by Gasteiger charge is -2.37. The molecule has 0 aliphatic carbocycles. The Labute approximate surface area is 127 Å². The van der Waals surface area contributed by atoms with Gasteiger partial charge < -0.3 is 9.30 Å². The number of piperidine rings is 1. The molecule has 1 amide bonds. The minimum atomic E-state index is -0.456. The molecule has 0 saturated carbocycles. The van der Waals surface area contributed by atoms with E-state index in [-0.39, 0.29) is 12.3 Å². The first kappa shape index (κ1) is 14.6. The highest BCUT2D eigenvalue weighted by Crippen LogP contribution is 2.28. The number of nitrogens with zero attached hydrogens (tertiary/aromatic N) is 3. The second-order valence-electron chi connectivity index (χ2n) is 5.79. The number of amides is 1. The van der Waals surface area contributed by atoms with Crippen LogP contribution in [0.4, 0.5) is 4.79 Å². The predicted molar refractivity (Wildman–Crippen MR) is 80.8 cm³/mol. The summed E-state index contributed by atoms with van der Waals surface area (Å²) in [5.74, 6) is 0. The average molecular weight is 377 g/mol. The Bertz CT molecular complexity index is 453. The minimum Gasteiger partial charge on any atom is -0.444 e. The molecule has 6 heteroatoms. The topological polar surface area (TPSA) is 47.4 Å². The summed E-state index contributed by atoms with van der Waals surface area (Å²) in [6.45, 7) is 6.42. The molecule has 0 aromatic carbocycles. The van der Waals surface area contributed by atoms with E-state index in [1.54, 1.807) is 6.33 Å². The second kappa shape index (κ2) is 5.68. The molecule has 1 saturated heterocycles. The van der Waals surface area contributed by atoms with Crippen LogP contribution < -0.4 is 0 Å². The zero-order chi connectivity index (χ0) is 14.0. The highest BCUT2D eigenvalue weighted by atomic mass is 127. The average Bonchev–Trinajstić information content (AvgIpc) is 2.73. The molecule has 1 unspecified atom stereocenters. The molecule has 5 nitrogen and oxygen atoms in total. The molecule has 2 heterocycles. The second-order valence-corrected chi connectivity index (χ2v) is 6.90. The number of rotatable bonds is 1. The van der Waals surface area contributed by atoms with E-state index in [9.17, 15) is 4.79 Å². The van der Waals surface area contributed by atoms with Gasteiger partial charge in [0.15, 0.2) is 0 Å². The molecule has 2 rings (SSSR count). The summed E-state index contributed by atoms with van der Waals surface area (Å²) in [5.41, 5.74) is -0.456. The first-order valence-corrected chi connectivity index (χ1v) is 7.63. The van der Waals surface area contributed by atoms with Crippen LogP contribution in [0.3, 0.4) is 0 Å². The number of likely N-dealkylation sites (tertiary alicyclic amines) is 1. The number of aromatic nitrogens is 2. The fraction of sp³-hybridized carbons (Fsp3) is 0.692. The largest absolute Gasteiger partial charge is 0.444 e. The van der Waals surface area contributed by atoms with E-state index in [1.807, 2.05) is 36.4 Å². The number of halogens is 1. The lowest BCUT2D eigenvalue weighted by Crippen LogP contribution is -2.43. The van der Waals surface area contributed by atoms with Crippen LogP contribution in [0.5, 0.6) is 0 Å². The van der Waals surface area contributed by atoms with Crippen LogP contribution in [-0.4, -0.2) is 32.7 Å². The molecule has 1 aromatic rings. The van der Waals surface area contributed by atoms with Gasteiger partial charge in [-0.2, -0.15) is 0 Å². The summed E-state index contributed by atoms with van der Waals surface area (Å²) in [5, 5.41) is 0. The van der Waals surface area contributed by atoms with Gasteiger partial charge in [0.05, 0.1) is 6.33 Å². The Morgan fingerprint density at radius 2 is 2.21 bits per heavy atom.